The lowest BCUT2D eigenvalue weighted by molar-refractivity contribution is 0.162. The Labute approximate surface area is 135 Å². The maximum Gasteiger partial charge on any atom is 0.00453 e. The van der Waals surface area contributed by atoms with E-state index in [-0.39, 0.29) is 0 Å². The van der Waals surface area contributed by atoms with Crippen molar-refractivity contribution < 1.29 is 0 Å². The first-order valence-electron chi connectivity index (χ1n) is 8.92. The summed E-state index contributed by atoms with van der Waals surface area (Å²) in [4.78, 5) is 1.57. The Bertz CT molecular complexity index is 371. The molecule has 1 aromatic rings. The van der Waals surface area contributed by atoms with Crippen LogP contribution in [0.15, 0.2) is 17.5 Å². The average Bonchev–Trinajstić information content (AvgIpc) is 2.99. The molecule has 2 rings (SSSR count). The number of thiophene rings is 1. The van der Waals surface area contributed by atoms with E-state index in [0.717, 1.165) is 23.7 Å². The van der Waals surface area contributed by atoms with E-state index in [0.29, 0.717) is 0 Å². The zero-order valence-electron chi connectivity index (χ0n) is 14.1. The second kappa shape index (κ2) is 8.95. The molecule has 1 fully saturated rings. The molecule has 1 saturated carbocycles. The van der Waals surface area contributed by atoms with Crippen molar-refractivity contribution in [2.45, 2.75) is 59.3 Å². The summed E-state index contributed by atoms with van der Waals surface area (Å²) in [5, 5.41) is 5.93. The van der Waals surface area contributed by atoms with E-state index in [1.165, 1.54) is 51.6 Å². The molecule has 3 atom stereocenters. The van der Waals surface area contributed by atoms with E-state index in [1.54, 1.807) is 4.88 Å². The molecule has 120 valence electrons. The second-order valence-corrected chi connectivity index (χ2v) is 8.31. The minimum atomic E-state index is 0.765. The quantitative estimate of drug-likeness (QED) is 0.681. The lowest BCUT2D eigenvalue weighted by Crippen LogP contribution is -2.34. The van der Waals surface area contributed by atoms with Crippen LogP contribution in [0.3, 0.4) is 0 Å². The summed E-state index contributed by atoms with van der Waals surface area (Å²) in [6.07, 6.45) is 8.43. The minimum absolute atomic E-state index is 0.765. The molecule has 0 radical (unpaired) electrons. The summed E-state index contributed by atoms with van der Waals surface area (Å²) in [7, 11) is 0. The summed E-state index contributed by atoms with van der Waals surface area (Å²) in [5.74, 6) is 3.60. The van der Waals surface area contributed by atoms with Crippen LogP contribution in [0.4, 0.5) is 0 Å². The van der Waals surface area contributed by atoms with E-state index in [1.807, 2.05) is 11.3 Å². The van der Waals surface area contributed by atoms with Gasteiger partial charge in [-0.1, -0.05) is 39.7 Å². The van der Waals surface area contributed by atoms with Crippen LogP contribution in [0.1, 0.15) is 57.8 Å². The van der Waals surface area contributed by atoms with Crippen molar-refractivity contribution in [1.29, 1.82) is 0 Å². The van der Waals surface area contributed by atoms with Crippen LogP contribution in [-0.4, -0.2) is 13.1 Å². The van der Waals surface area contributed by atoms with Crippen molar-refractivity contribution in [2.24, 2.45) is 23.7 Å². The second-order valence-electron chi connectivity index (χ2n) is 7.28. The molecule has 1 aliphatic carbocycles. The fraction of sp³-hybridized carbons (Fsp3) is 0.789. The molecule has 1 nitrogen and oxygen atoms in total. The standard InChI is InChI=1S/C19H33NS/c1-4-16-7-8-18(14-20-13-15(2)3)17(12-16)9-10-19-6-5-11-21-19/h5-6,11,15-18,20H,4,7-10,12-14H2,1-3H3. The SMILES string of the molecule is CCC1CCC(CNCC(C)C)C(CCc2cccs2)C1. The molecule has 1 N–H and O–H groups in total. The van der Waals surface area contributed by atoms with Crippen molar-refractivity contribution in [1.82, 2.24) is 5.32 Å². The highest BCUT2D eigenvalue weighted by molar-refractivity contribution is 7.09. The molecule has 1 heterocycles. The van der Waals surface area contributed by atoms with Gasteiger partial charge < -0.3 is 5.32 Å². The van der Waals surface area contributed by atoms with Crippen LogP contribution in [0.2, 0.25) is 0 Å². The minimum Gasteiger partial charge on any atom is -0.316 e. The van der Waals surface area contributed by atoms with Gasteiger partial charge in [-0.2, -0.15) is 0 Å². The van der Waals surface area contributed by atoms with Crippen LogP contribution in [-0.2, 0) is 6.42 Å². The Morgan fingerprint density at radius 2 is 2.14 bits per heavy atom. The third kappa shape index (κ3) is 5.75. The number of hydrogen-bond acceptors (Lipinski definition) is 2. The maximum absolute atomic E-state index is 3.71. The van der Waals surface area contributed by atoms with Gasteiger partial charge in [-0.25, -0.2) is 0 Å². The van der Waals surface area contributed by atoms with Crippen molar-refractivity contribution >= 4 is 11.3 Å². The predicted molar refractivity (Wildman–Crippen MR) is 95.0 cm³/mol. The van der Waals surface area contributed by atoms with E-state index < -0.39 is 0 Å². The Hall–Kier alpha value is -0.340. The van der Waals surface area contributed by atoms with Gasteiger partial charge in [0.15, 0.2) is 0 Å². The first kappa shape index (κ1) is 17.0. The molecular formula is C19H33NS. The molecule has 1 aromatic heterocycles. The average molecular weight is 308 g/mol. The van der Waals surface area contributed by atoms with Crippen molar-refractivity contribution in [2.75, 3.05) is 13.1 Å². The summed E-state index contributed by atoms with van der Waals surface area (Å²) in [6, 6.07) is 4.49. The smallest absolute Gasteiger partial charge is 0.00453 e. The zero-order valence-corrected chi connectivity index (χ0v) is 14.9. The molecule has 0 saturated heterocycles. The molecule has 0 aromatic carbocycles. The molecular weight excluding hydrogens is 274 g/mol. The summed E-state index contributed by atoms with van der Waals surface area (Å²) in [5.41, 5.74) is 0. The van der Waals surface area contributed by atoms with Crippen LogP contribution in [0.5, 0.6) is 0 Å². The number of nitrogens with one attached hydrogen (secondary N) is 1. The highest BCUT2D eigenvalue weighted by atomic mass is 32.1. The van der Waals surface area contributed by atoms with Gasteiger partial charge in [-0.3, -0.25) is 0 Å². The zero-order chi connectivity index (χ0) is 15.1. The lowest BCUT2D eigenvalue weighted by Gasteiger charge is -2.36. The Balaban J connectivity index is 1.83. The highest BCUT2D eigenvalue weighted by Crippen LogP contribution is 2.38. The Kier molecular flexibility index (Phi) is 7.25. The number of rotatable bonds is 8. The van der Waals surface area contributed by atoms with Crippen molar-refractivity contribution in [3.63, 3.8) is 0 Å². The third-order valence-electron chi connectivity index (χ3n) is 5.13. The van der Waals surface area contributed by atoms with Crippen molar-refractivity contribution in [3.05, 3.63) is 22.4 Å². The van der Waals surface area contributed by atoms with Crippen molar-refractivity contribution in [3.8, 4) is 0 Å². The van der Waals surface area contributed by atoms with E-state index >= 15 is 0 Å². The van der Waals surface area contributed by atoms with Crippen LogP contribution >= 0.6 is 11.3 Å². The number of aryl methyl sites for hydroxylation is 1. The molecule has 1 aliphatic rings. The topological polar surface area (TPSA) is 12.0 Å². The van der Waals surface area contributed by atoms with Crippen LogP contribution in [0, 0.1) is 23.7 Å². The molecule has 2 heteroatoms. The van der Waals surface area contributed by atoms with Crippen LogP contribution < -0.4 is 5.32 Å². The van der Waals surface area contributed by atoms with Gasteiger partial charge in [0.2, 0.25) is 0 Å². The molecule has 0 amide bonds. The largest absolute Gasteiger partial charge is 0.316 e. The highest BCUT2D eigenvalue weighted by Gasteiger charge is 2.29. The summed E-state index contributed by atoms with van der Waals surface area (Å²) < 4.78 is 0. The van der Waals surface area contributed by atoms with E-state index in [2.05, 4.69) is 43.6 Å². The van der Waals surface area contributed by atoms with E-state index in [4.69, 9.17) is 0 Å². The molecule has 0 bridgehead atoms. The predicted octanol–water partition coefficient (Wildman–Crippen LogP) is 5.37. The summed E-state index contributed by atoms with van der Waals surface area (Å²) >= 11 is 1.93. The van der Waals surface area contributed by atoms with Gasteiger partial charge in [0.25, 0.3) is 0 Å². The molecule has 3 unspecified atom stereocenters. The van der Waals surface area contributed by atoms with Gasteiger partial charge in [-0.15, -0.1) is 11.3 Å². The van der Waals surface area contributed by atoms with Gasteiger partial charge in [0.1, 0.15) is 0 Å². The van der Waals surface area contributed by atoms with Gasteiger partial charge in [-0.05, 0) is 73.9 Å². The first-order chi connectivity index (χ1) is 10.2. The number of hydrogen-bond donors (Lipinski definition) is 1. The third-order valence-corrected chi connectivity index (χ3v) is 6.06. The monoisotopic (exact) mass is 307 g/mol. The van der Waals surface area contributed by atoms with Gasteiger partial charge >= 0.3 is 0 Å². The molecule has 0 aliphatic heterocycles. The van der Waals surface area contributed by atoms with E-state index in [9.17, 15) is 0 Å². The fourth-order valence-electron chi connectivity index (χ4n) is 3.76. The normalized spacial score (nSPS) is 26.4. The Morgan fingerprint density at radius 3 is 2.81 bits per heavy atom. The first-order valence-corrected chi connectivity index (χ1v) is 9.80. The summed E-state index contributed by atoms with van der Waals surface area (Å²) in [6.45, 7) is 9.39. The Morgan fingerprint density at radius 1 is 1.29 bits per heavy atom. The molecule has 0 spiro atoms. The van der Waals surface area contributed by atoms with Gasteiger partial charge in [0, 0.05) is 4.88 Å². The van der Waals surface area contributed by atoms with Crippen LogP contribution in [0.25, 0.3) is 0 Å². The molecule has 21 heavy (non-hydrogen) atoms. The maximum atomic E-state index is 3.71. The fourth-order valence-corrected chi connectivity index (χ4v) is 4.48. The lowest BCUT2D eigenvalue weighted by atomic mass is 9.71. The van der Waals surface area contributed by atoms with Gasteiger partial charge in [0.05, 0.1) is 0 Å².